The van der Waals surface area contributed by atoms with Crippen LogP contribution in [0.3, 0.4) is 0 Å². The highest BCUT2D eigenvalue weighted by Crippen LogP contribution is 2.29. The van der Waals surface area contributed by atoms with E-state index in [1.165, 1.54) is 12.8 Å². The summed E-state index contributed by atoms with van der Waals surface area (Å²) in [5.74, 6) is 0. The first-order valence-corrected chi connectivity index (χ1v) is 6.55. The molecule has 2 N–H and O–H groups in total. The summed E-state index contributed by atoms with van der Waals surface area (Å²) in [5, 5.41) is 17.5. The quantitative estimate of drug-likeness (QED) is 0.822. The fourth-order valence-corrected chi connectivity index (χ4v) is 2.48. The normalized spacial score (nSPS) is 19.1. The summed E-state index contributed by atoms with van der Waals surface area (Å²) in [6.07, 6.45) is 6.60. The predicted molar refractivity (Wildman–Crippen MR) is 67.7 cm³/mol. The third-order valence-electron chi connectivity index (χ3n) is 3.70. The van der Waals surface area contributed by atoms with Crippen molar-refractivity contribution < 1.29 is 5.11 Å². The molecule has 1 aromatic rings. The van der Waals surface area contributed by atoms with Crippen LogP contribution in [-0.4, -0.2) is 27.0 Å². The summed E-state index contributed by atoms with van der Waals surface area (Å²) in [5.41, 5.74) is 1.00. The summed E-state index contributed by atoms with van der Waals surface area (Å²) in [7, 11) is 0. The molecule has 0 spiro atoms. The molecular weight excluding hydrogens is 214 g/mol. The van der Waals surface area contributed by atoms with E-state index < -0.39 is 0 Å². The molecule has 96 valence electrons. The van der Waals surface area contributed by atoms with Gasteiger partial charge in [-0.2, -0.15) is 5.10 Å². The minimum Gasteiger partial charge on any atom is -0.394 e. The fraction of sp³-hybridized carbons (Fsp3) is 0.769. The third-order valence-corrected chi connectivity index (χ3v) is 3.70. The van der Waals surface area contributed by atoms with Crippen LogP contribution in [0.15, 0.2) is 12.3 Å². The Morgan fingerprint density at radius 3 is 2.71 bits per heavy atom. The molecule has 4 heteroatoms. The van der Waals surface area contributed by atoms with E-state index >= 15 is 0 Å². The molecule has 0 saturated heterocycles. The Morgan fingerprint density at radius 1 is 1.47 bits per heavy atom. The molecule has 2 rings (SSSR count). The van der Waals surface area contributed by atoms with Gasteiger partial charge in [-0.3, -0.25) is 4.68 Å². The van der Waals surface area contributed by atoms with Gasteiger partial charge in [0, 0.05) is 24.3 Å². The number of nitrogens with one attached hydrogen (secondary N) is 1. The first-order chi connectivity index (χ1) is 8.15. The molecule has 1 saturated carbocycles. The maximum atomic E-state index is 9.50. The smallest absolute Gasteiger partial charge is 0.0762 e. The highest BCUT2D eigenvalue weighted by Gasteiger charge is 2.32. The maximum absolute atomic E-state index is 9.50. The van der Waals surface area contributed by atoms with Gasteiger partial charge in [0.1, 0.15) is 0 Å². The zero-order chi connectivity index (χ0) is 12.3. The molecular formula is C13H23N3O. The first-order valence-electron chi connectivity index (χ1n) is 6.55. The Labute approximate surface area is 103 Å². The van der Waals surface area contributed by atoms with Gasteiger partial charge in [-0.25, -0.2) is 0 Å². The minimum atomic E-state index is -0.0540. The Bertz CT molecular complexity index is 353. The molecule has 0 radical (unpaired) electrons. The molecule has 0 unspecified atom stereocenters. The average molecular weight is 237 g/mol. The standard InChI is InChI=1S/C13H23N3O/c1-11(2)16-8-5-12(15-16)9-14-13(10-17)6-3-4-7-13/h5,8,11,14,17H,3-4,6-7,9-10H2,1-2H3. The molecule has 1 heterocycles. The van der Waals surface area contributed by atoms with Crippen molar-refractivity contribution in [2.45, 2.75) is 57.7 Å². The van der Waals surface area contributed by atoms with Crippen LogP contribution >= 0.6 is 0 Å². The number of hydrogen-bond donors (Lipinski definition) is 2. The van der Waals surface area contributed by atoms with E-state index in [0.29, 0.717) is 6.04 Å². The van der Waals surface area contributed by atoms with Crippen LogP contribution in [0.2, 0.25) is 0 Å². The molecule has 0 aliphatic heterocycles. The highest BCUT2D eigenvalue weighted by molar-refractivity contribution is 5.02. The lowest BCUT2D eigenvalue weighted by atomic mass is 9.99. The fourth-order valence-electron chi connectivity index (χ4n) is 2.48. The van der Waals surface area contributed by atoms with Gasteiger partial charge in [0.2, 0.25) is 0 Å². The van der Waals surface area contributed by atoms with Crippen LogP contribution in [0.25, 0.3) is 0 Å². The van der Waals surface area contributed by atoms with E-state index in [-0.39, 0.29) is 12.1 Å². The maximum Gasteiger partial charge on any atom is 0.0762 e. The molecule has 1 aliphatic rings. The number of nitrogens with zero attached hydrogens (tertiary/aromatic N) is 2. The highest BCUT2D eigenvalue weighted by atomic mass is 16.3. The molecule has 17 heavy (non-hydrogen) atoms. The Kier molecular flexibility index (Phi) is 3.84. The molecule has 0 amide bonds. The van der Waals surface area contributed by atoms with Crippen molar-refractivity contribution >= 4 is 0 Å². The van der Waals surface area contributed by atoms with Gasteiger partial charge in [-0.1, -0.05) is 12.8 Å². The van der Waals surface area contributed by atoms with E-state index in [1.807, 2.05) is 16.9 Å². The van der Waals surface area contributed by atoms with E-state index in [2.05, 4.69) is 24.3 Å². The average Bonchev–Trinajstić information content (AvgIpc) is 2.96. The van der Waals surface area contributed by atoms with Crippen LogP contribution in [0, 0.1) is 0 Å². The summed E-state index contributed by atoms with van der Waals surface area (Å²) in [6.45, 7) is 5.23. The summed E-state index contributed by atoms with van der Waals surface area (Å²) in [6, 6.07) is 2.45. The molecule has 0 bridgehead atoms. The third kappa shape index (κ3) is 2.87. The van der Waals surface area contributed by atoms with Crippen molar-refractivity contribution in [2.24, 2.45) is 0 Å². The van der Waals surface area contributed by atoms with Gasteiger partial charge >= 0.3 is 0 Å². The number of aromatic nitrogens is 2. The Balaban J connectivity index is 1.92. The second-order valence-electron chi connectivity index (χ2n) is 5.38. The van der Waals surface area contributed by atoms with Gasteiger partial charge in [0.25, 0.3) is 0 Å². The van der Waals surface area contributed by atoms with Gasteiger partial charge in [-0.15, -0.1) is 0 Å². The van der Waals surface area contributed by atoms with E-state index in [9.17, 15) is 5.11 Å². The van der Waals surface area contributed by atoms with E-state index in [0.717, 1.165) is 25.1 Å². The van der Waals surface area contributed by atoms with Gasteiger partial charge in [-0.05, 0) is 32.8 Å². The summed E-state index contributed by atoms with van der Waals surface area (Å²) >= 11 is 0. The molecule has 4 nitrogen and oxygen atoms in total. The molecule has 1 aromatic heterocycles. The van der Waals surface area contributed by atoms with Crippen LogP contribution in [0.1, 0.15) is 51.3 Å². The second kappa shape index (κ2) is 5.19. The lowest BCUT2D eigenvalue weighted by Gasteiger charge is -2.27. The van der Waals surface area contributed by atoms with E-state index in [1.54, 1.807) is 0 Å². The number of rotatable bonds is 5. The lowest BCUT2D eigenvalue weighted by molar-refractivity contribution is 0.162. The number of aliphatic hydroxyl groups is 1. The van der Waals surface area contributed by atoms with Crippen LogP contribution < -0.4 is 5.32 Å². The van der Waals surface area contributed by atoms with E-state index in [4.69, 9.17) is 0 Å². The van der Waals surface area contributed by atoms with Crippen LogP contribution in [0.5, 0.6) is 0 Å². The summed E-state index contributed by atoms with van der Waals surface area (Å²) in [4.78, 5) is 0. The largest absolute Gasteiger partial charge is 0.394 e. The first kappa shape index (κ1) is 12.6. The molecule has 1 fully saturated rings. The Hall–Kier alpha value is -0.870. The van der Waals surface area contributed by atoms with Crippen LogP contribution in [-0.2, 0) is 6.54 Å². The van der Waals surface area contributed by atoms with Crippen molar-refractivity contribution in [1.82, 2.24) is 15.1 Å². The SMILES string of the molecule is CC(C)n1ccc(CNC2(CO)CCCC2)n1. The van der Waals surface area contributed by atoms with Crippen molar-refractivity contribution in [3.63, 3.8) is 0 Å². The minimum absolute atomic E-state index is 0.0540. The summed E-state index contributed by atoms with van der Waals surface area (Å²) < 4.78 is 1.97. The molecule has 0 atom stereocenters. The van der Waals surface area contributed by atoms with Gasteiger partial charge < -0.3 is 10.4 Å². The number of hydrogen-bond acceptors (Lipinski definition) is 3. The van der Waals surface area contributed by atoms with Crippen molar-refractivity contribution in [3.8, 4) is 0 Å². The lowest BCUT2D eigenvalue weighted by Crippen LogP contribution is -2.45. The molecule has 1 aliphatic carbocycles. The topological polar surface area (TPSA) is 50.1 Å². The number of aliphatic hydroxyl groups excluding tert-OH is 1. The van der Waals surface area contributed by atoms with Crippen molar-refractivity contribution in [1.29, 1.82) is 0 Å². The second-order valence-corrected chi connectivity index (χ2v) is 5.38. The predicted octanol–water partition coefficient (Wildman–Crippen LogP) is 1.86. The molecule has 0 aromatic carbocycles. The zero-order valence-corrected chi connectivity index (χ0v) is 10.8. The monoisotopic (exact) mass is 237 g/mol. The van der Waals surface area contributed by atoms with Gasteiger partial charge in [0.15, 0.2) is 0 Å². The van der Waals surface area contributed by atoms with Crippen molar-refractivity contribution in [2.75, 3.05) is 6.61 Å². The van der Waals surface area contributed by atoms with Gasteiger partial charge in [0.05, 0.1) is 12.3 Å². The van der Waals surface area contributed by atoms with Crippen LogP contribution in [0.4, 0.5) is 0 Å². The zero-order valence-electron chi connectivity index (χ0n) is 10.8. The van der Waals surface area contributed by atoms with Crippen molar-refractivity contribution in [3.05, 3.63) is 18.0 Å². The Morgan fingerprint density at radius 2 is 2.18 bits per heavy atom.